The lowest BCUT2D eigenvalue weighted by Gasteiger charge is -2.34. The molecule has 0 amide bonds. The Balaban J connectivity index is 1.70. The SMILES string of the molecule is [B]C([B])(O)N1CCCN(c2ccc3c(=O)c(C(=O)O)c4sc5ccccc5n4c3n2)CC1. The number of anilines is 1. The van der Waals surface area contributed by atoms with Gasteiger partial charge >= 0.3 is 5.97 Å². The van der Waals surface area contributed by atoms with E-state index in [-0.39, 0.29) is 10.9 Å². The van der Waals surface area contributed by atoms with Gasteiger partial charge in [0.25, 0.3) is 0 Å². The summed E-state index contributed by atoms with van der Waals surface area (Å²) in [5, 5.41) is 19.9. The third-order valence-corrected chi connectivity index (χ3v) is 6.96. The van der Waals surface area contributed by atoms with Gasteiger partial charge in [-0.05, 0) is 30.7 Å². The van der Waals surface area contributed by atoms with Gasteiger partial charge in [0.15, 0.2) is 5.65 Å². The number of aromatic nitrogens is 2. The van der Waals surface area contributed by atoms with Crippen molar-refractivity contribution in [3.05, 3.63) is 52.2 Å². The number of hydrogen-bond acceptors (Lipinski definition) is 7. The maximum absolute atomic E-state index is 13.1. The van der Waals surface area contributed by atoms with Crippen molar-refractivity contribution < 1.29 is 15.0 Å². The first-order valence-electron chi connectivity index (χ1n) is 10.2. The van der Waals surface area contributed by atoms with Crippen molar-refractivity contribution in [1.82, 2.24) is 14.3 Å². The van der Waals surface area contributed by atoms with Crippen molar-refractivity contribution >= 4 is 64.9 Å². The van der Waals surface area contributed by atoms with E-state index in [1.165, 1.54) is 11.3 Å². The molecule has 11 heteroatoms. The largest absolute Gasteiger partial charge is 0.477 e. The number of rotatable bonds is 3. The fourth-order valence-electron chi connectivity index (χ4n) is 4.25. The summed E-state index contributed by atoms with van der Waals surface area (Å²) in [6.07, 6.45) is 0.713. The second-order valence-electron chi connectivity index (χ2n) is 7.87. The molecule has 0 atom stereocenters. The molecule has 2 N–H and O–H groups in total. The summed E-state index contributed by atoms with van der Waals surface area (Å²) in [5.74, 6) is -0.600. The van der Waals surface area contributed by atoms with Crippen LogP contribution in [0.3, 0.4) is 0 Å². The van der Waals surface area contributed by atoms with E-state index in [1.807, 2.05) is 29.2 Å². The minimum absolute atomic E-state index is 0.246. The number of pyridine rings is 2. The molecule has 0 aliphatic carbocycles. The Morgan fingerprint density at radius 2 is 1.88 bits per heavy atom. The maximum Gasteiger partial charge on any atom is 0.342 e. The molecule has 5 rings (SSSR count). The van der Waals surface area contributed by atoms with E-state index < -0.39 is 16.9 Å². The van der Waals surface area contributed by atoms with Gasteiger partial charge in [0, 0.05) is 31.7 Å². The first-order chi connectivity index (χ1) is 15.3. The molecule has 1 aromatic carbocycles. The number of benzene rings is 1. The van der Waals surface area contributed by atoms with Crippen LogP contribution in [-0.4, -0.2) is 77.9 Å². The monoisotopic (exact) mass is 444 g/mol. The van der Waals surface area contributed by atoms with Crippen molar-refractivity contribution in [2.45, 2.75) is 11.9 Å². The molecular weight excluding hydrogens is 426 g/mol. The molecule has 8 nitrogen and oxygen atoms in total. The fourth-order valence-corrected chi connectivity index (χ4v) is 5.42. The second kappa shape index (κ2) is 7.61. The topological polar surface area (TPSA) is 98.4 Å². The van der Waals surface area contributed by atoms with Crippen molar-refractivity contribution in [3.8, 4) is 0 Å². The van der Waals surface area contributed by atoms with Crippen LogP contribution < -0.4 is 10.3 Å². The van der Waals surface area contributed by atoms with Gasteiger partial charge in [-0.1, -0.05) is 12.1 Å². The quantitative estimate of drug-likeness (QED) is 0.459. The maximum atomic E-state index is 13.1. The lowest BCUT2D eigenvalue weighted by Crippen LogP contribution is -2.51. The molecule has 0 bridgehead atoms. The Hall–Kier alpha value is -2.88. The minimum atomic E-state index is -1.88. The third kappa shape index (κ3) is 3.37. The van der Waals surface area contributed by atoms with E-state index in [9.17, 15) is 19.8 Å². The van der Waals surface area contributed by atoms with Crippen LogP contribution in [0.2, 0.25) is 0 Å². The number of aliphatic hydroxyl groups is 1. The average molecular weight is 444 g/mol. The van der Waals surface area contributed by atoms with Gasteiger partial charge in [0.2, 0.25) is 5.43 Å². The molecule has 0 saturated carbocycles. The van der Waals surface area contributed by atoms with E-state index in [1.54, 1.807) is 21.4 Å². The Bertz CT molecular complexity index is 1430. The normalized spacial score (nSPS) is 16.1. The Kier molecular flexibility index (Phi) is 4.99. The molecule has 1 aliphatic heterocycles. The Morgan fingerprint density at radius 1 is 1.09 bits per heavy atom. The molecule has 4 aromatic rings. The van der Waals surface area contributed by atoms with Crippen LogP contribution in [0.15, 0.2) is 41.2 Å². The summed E-state index contributed by atoms with van der Waals surface area (Å²) >= 11 is 1.26. The summed E-state index contributed by atoms with van der Waals surface area (Å²) < 4.78 is 2.62. The van der Waals surface area contributed by atoms with Crippen molar-refractivity contribution in [2.24, 2.45) is 0 Å². The van der Waals surface area contributed by atoms with E-state index >= 15 is 0 Å². The lowest BCUT2D eigenvalue weighted by molar-refractivity contribution is 0.0364. The third-order valence-electron chi connectivity index (χ3n) is 5.81. The van der Waals surface area contributed by atoms with Crippen LogP contribution in [0.25, 0.3) is 26.1 Å². The van der Waals surface area contributed by atoms with Gasteiger partial charge in [-0.3, -0.25) is 14.1 Å². The molecule has 1 aliphatic rings. The van der Waals surface area contributed by atoms with E-state index in [0.29, 0.717) is 48.9 Å². The van der Waals surface area contributed by atoms with E-state index in [4.69, 9.17) is 20.7 Å². The summed E-state index contributed by atoms with van der Waals surface area (Å²) in [6.45, 7) is 2.18. The number of carboxylic acids is 1. The van der Waals surface area contributed by atoms with Gasteiger partial charge < -0.3 is 15.1 Å². The predicted molar refractivity (Wildman–Crippen MR) is 126 cm³/mol. The van der Waals surface area contributed by atoms with Crippen molar-refractivity contribution in [3.63, 3.8) is 0 Å². The van der Waals surface area contributed by atoms with Crippen molar-refractivity contribution in [1.29, 1.82) is 0 Å². The smallest absolute Gasteiger partial charge is 0.342 e. The average Bonchev–Trinajstić information content (AvgIpc) is 2.93. The number of hydrogen-bond donors (Lipinski definition) is 2. The molecule has 1 fully saturated rings. The van der Waals surface area contributed by atoms with Crippen LogP contribution in [-0.2, 0) is 0 Å². The number of para-hydroxylation sites is 1. The number of carbonyl (C=O) groups is 1. The number of fused-ring (bicyclic) bond motifs is 5. The predicted octanol–water partition coefficient (Wildman–Crippen LogP) is 1.21. The Morgan fingerprint density at radius 3 is 2.62 bits per heavy atom. The lowest BCUT2D eigenvalue weighted by atomic mass is 9.72. The molecule has 3 aromatic heterocycles. The van der Waals surface area contributed by atoms with Crippen LogP contribution in [0.4, 0.5) is 5.82 Å². The van der Waals surface area contributed by atoms with E-state index in [2.05, 4.69) is 0 Å². The van der Waals surface area contributed by atoms with Gasteiger partial charge in [-0.25, -0.2) is 9.78 Å². The highest BCUT2D eigenvalue weighted by Crippen LogP contribution is 2.31. The Labute approximate surface area is 189 Å². The second-order valence-corrected chi connectivity index (χ2v) is 8.90. The van der Waals surface area contributed by atoms with Crippen molar-refractivity contribution in [2.75, 3.05) is 31.1 Å². The van der Waals surface area contributed by atoms with Crippen LogP contribution >= 0.6 is 11.3 Å². The summed E-state index contributed by atoms with van der Waals surface area (Å²) in [6, 6.07) is 10.9. The standard InChI is InChI=1S/C21H18B2N4O4S/c22-21(23,31)26-9-3-8-25(10-11-26)15-7-6-12-17(28)16(20(29)30)19-27(18(12)24-15)13-4-1-2-5-14(13)32-19/h1-2,4-7,31H,3,8-11H2,(H,29,30). The van der Waals surface area contributed by atoms with Crippen LogP contribution in [0.1, 0.15) is 16.8 Å². The number of nitrogens with zero attached hydrogens (tertiary/aromatic N) is 4. The highest BCUT2D eigenvalue weighted by atomic mass is 32.1. The fraction of sp³-hybridized carbons (Fsp3) is 0.286. The summed E-state index contributed by atoms with van der Waals surface area (Å²) in [7, 11) is 11.3. The van der Waals surface area contributed by atoms with Gasteiger partial charge in [0.05, 0.1) is 15.6 Å². The zero-order valence-electron chi connectivity index (χ0n) is 17.1. The summed E-state index contributed by atoms with van der Waals surface area (Å²) in [4.78, 5) is 33.8. The number of carboxylic acid groups (broad SMARTS) is 1. The first-order valence-corrected chi connectivity index (χ1v) is 11.0. The van der Waals surface area contributed by atoms with Crippen LogP contribution in [0, 0.1) is 0 Å². The molecule has 4 heterocycles. The zero-order chi connectivity index (χ0) is 22.6. The molecular formula is C21H18B2N4O4S. The molecule has 4 radical (unpaired) electrons. The van der Waals surface area contributed by atoms with Gasteiger partial charge in [-0.15, -0.1) is 11.3 Å². The first kappa shape index (κ1) is 21.0. The number of thiazole rings is 1. The highest BCUT2D eigenvalue weighted by Gasteiger charge is 2.26. The van der Waals surface area contributed by atoms with Gasteiger partial charge in [-0.2, -0.15) is 0 Å². The molecule has 1 saturated heterocycles. The molecule has 0 spiro atoms. The molecule has 0 unspecified atom stereocenters. The minimum Gasteiger partial charge on any atom is -0.477 e. The van der Waals surface area contributed by atoms with Crippen LogP contribution in [0.5, 0.6) is 0 Å². The zero-order valence-corrected chi connectivity index (χ0v) is 17.9. The highest BCUT2D eigenvalue weighted by molar-refractivity contribution is 7.24. The van der Waals surface area contributed by atoms with E-state index in [0.717, 1.165) is 10.2 Å². The number of aromatic carboxylic acids is 1. The molecule has 158 valence electrons. The molecule has 32 heavy (non-hydrogen) atoms. The van der Waals surface area contributed by atoms with Gasteiger partial charge in [0.1, 0.15) is 31.9 Å². The summed E-state index contributed by atoms with van der Waals surface area (Å²) in [5.41, 5.74) is -1.46.